The van der Waals surface area contributed by atoms with Crippen molar-refractivity contribution in [3.8, 4) is 5.75 Å². The van der Waals surface area contributed by atoms with Gasteiger partial charge in [0, 0.05) is 22.6 Å². The number of aryl methyl sites for hydroxylation is 1. The van der Waals surface area contributed by atoms with E-state index < -0.39 is 17.5 Å². The molecule has 1 N–H and O–H groups in total. The molecule has 162 valence electrons. The van der Waals surface area contributed by atoms with Gasteiger partial charge in [-0.25, -0.2) is 4.79 Å². The molecule has 7 nitrogen and oxygen atoms in total. The third kappa shape index (κ3) is 6.18. The Morgan fingerprint density at radius 1 is 1.06 bits per heavy atom. The Kier molecular flexibility index (Phi) is 7.43. The summed E-state index contributed by atoms with van der Waals surface area (Å²) in [6, 6.07) is 13.5. The second kappa shape index (κ2) is 10.4. The number of rotatable bonds is 9. The summed E-state index contributed by atoms with van der Waals surface area (Å²) in [6.45, 7) is 4.23. The van der Waals surface area contributed by atoms with Gasteiger partial charge in [0.25, 0.3) is 5.91 Å². The zero-order valence-electron chi connectivity index (χ0n) is 17.6. The van der Waals surface area contributed by atoms with E-state index in [0.717, 1.165) is 18.4 Å². The topological polar surface area (TPSA) is 94.8 Å². The Balaban J connectivity index is 1.52. The van der Waals surface area contributed by atoms with E-state index in [9.17, 15) is 14.4 Å². The predicted molar refractivity (Wildman–Crippen MR) is 116 cm³/mol. The van der Waals surface area contributed by atoms with Crippen molar-refractivity contribution in [2.45, 2.75) is 33.3 Å². The third-order valence-electron chi connectivity index (χ3n) is 4.65. The van der Waals surface area contributed by atoms with E-state index in [1.165, 1.54) is 6.07 Å². The average Bonchev–Trinajstić information content (AvgIpc) is 2.76. The molecule has 0 bridgehead atoms. The van der Waals surface area contributed by atoms with Gasteiger partial charge in [0.15, 0.2) is 0 Å². The van der Waals surface area contributed by atoms with Crippen molar-refractivity contribution in [2.24, 2.45) is 0 Å². The fourth-order valence-electron chi connectivity index (χ4n) is 2.96. The lowest BCUT2D eigenvalue weighted by Crippen LogP contribution is -2.30. The number of nitrogens with one attached hydrogen (secondary N) is 1. The quantitative estimate of drug-likeness (QED) is 0.320. The van der Waals surface area contributed by atoms with E-state index in [0.29, 0.717) is 34.5 Å². The summed E-state index contributed by atoms with van der Waals surface area (Å²) in [5, 5.41) is 3.23. The lowest BCUT2D eigenvalue weighted by molar-refractivity contribution is -0.143. The zero-order valence-corrected chi connectivity index (χ0v) is 17.6. The molecule has 0 saturated carbocycles. The van der Waals surface area contributed by atoms with Crippen LogP contribution in [-0.2, 0) is 16.1 Å². The van der Waals surface area contributed by atoms with Gasteiger partial charge >= 0.3 is 11.6 Å². The highest BCUT2D eigenvalue weighted by Gasteiger charge is 2.12. The van der Waals surface area contributed by atoms with Gasteiger partial charge in [0.2, 0.25) is 0 Å². The summed E-state index contributed by atoms with van der Waals surface area (Å²) >= 11 is 0. The Morgan fingerprint density at radius 3 is 2.58 bits per heavy atom. The van der Waals surface area contributed by atoms with Gasteiger partial charge in [-0.15, -0.1) is 0 Å². The zero-order chi connectivity index (χ0) is 22.2. The molecule has 1 amide bonds. The van der Waals surface area contributed by atoms with Crippen LogP contribution in [0.5, 0.6) is 5.75 Å². The van der Waals surface area contributed by atoms with Crippen LogP contribution in [0.15, 0.2) is 57.7 Å². The molecule has 1 aromatic heterocycles. The fourth-order valence-corrected chi connectivity index (χ4v) is 2.96. The maximum atomic E-state index is 12.2. The van der Waals surface area contributed by atoms with Crippen molar-refractivity contribution in [3.05, 3.63) is 75.6 Å². The van der Waals surface area contributed by atoms with E-state index in [1.54, 1.807) is 30.3 Å². The van der Waals surface area contributed by atoms with Crippen LogP contribution < -0.4 is 15.7 Å². The number of ether oxygens (including phenoxy) is 2. The maximum Gasteiger partial charge on any atom is 0.336 e. The lowest BCUT2D eigenvalue weighted by Gasteiger charge is -2.09. The summed E-state index contributed by atoms with van der Waals surface area (Å²) in [4.78, 5) is 36.1. The number of carbonyl (C=O) groups is 2. The first kappa shape index (κ1) is 22.1. The van der Waals surface area contributed by atoms with E-state index in [4.69, 9.17) is 13.9 Å². The van der Waals surface area contributed by atoms with Crippen molar-refractivity contribution >= 4 is 22.8 Å². The molecule has 3 aromatic rings. The van der Waals surface area contributed by atoms with Crippen LogP contribution in [0, 0.1) is 6.92 Å². The molecule has 1 heterocycles. The molecule has 31 heavy (non-hydrogen) atoms. The number of hydrogen-bond acceptors (Lipinski definition) is 6. The monoisotopic (exact) mass is 423 g/mol. The van der Waals surface area contributed by atoms with E-state index in [2.05, 4.69) is 12.2 Å². The third-order valence-corrected chi connectivity index (χ3v) is 4.65. The van der Waals surface area contributed by atoms with Crippen LogP contribution in [0.25, 0.3) is 11.0 Å². The molecule has 2 aromatic carbocycles. The number of hydrogen-bond donors (Lipinski definition) is 1. The molecule has 7 heteroatoms. The highest BCUT2D eigenvalue weighted by Crippen LogP contribution is 2.19. The molecule has 0 unspecified atom stereocenters. The van der Waals surface area contributed by atoms with Crippen LogP contribution in [0.3, 0.4) is 0 Å². The number of carbonyl (C=O) groups excluding carboxylic acids is 2. The Bertz CT molecular complexity index is 1120. The lowest BCUT2D eigenvalue weighted by atomic mass is 10.1. The van der Waals surface area contributed by atoms with Crippen molar-refractivity contribution < 1.29 is 23.5 Å². The maximum absolute atomic E-state index is 12.2. The first-order chi connectivity index (χ1) is 15.0. The molecule has 0 radical (unpaired) electrons. The van der Waals surface area contributed by atoms with Crippen LogP contribution >= 0.6 is 0 Å². The summed E-state index contributed by atoms with van der Waals surface area (Å²) in [5.41, 5.74) is 1.84. The summed E-state index contributed by atoms with van der Waals surface area (Å²) in [7, 11) is 0. The molecule has 0 saturated heterocycles. The Labute approximate surface area is 180 Å². The SMILES string of the molecule is CCCCOc1ccc(C(=O)NCC(=O)OCc2cc(=O)oc3cc(C)ccc23)cc1. The molecule has 0 aliphatic heterocycles. The first-order valence-corrected chi connectivity index (χ1v) is 10.2. The van der Waals surface area contributed by atoms with Crippen LogP contribution in [0.1, 0.15) is 41.3 Å². The van der Waals surface area contributed by atoms with Gasteiger partial charge < -0.3 is 19.2 Å². The second-order valence-corrected chi connectivity index (χ2v) is 7.16. The van der Waals surface area contributed by atoms with Crippen molar-refractivity contribution in [1.82, 2.24) is 5.32 Å². The van der Waals surface area contributed by atoms with Gasteiger partial charge in [-0.1, -0.05) is 25.5 Å². The minimum Gasteiger partial charge on any atom is -0.494 e. The van der Waals surface area contributed by atoms with E-state index in [1.807, 2.05) is 19.1 Å². The highest BCUT2D eigenvalue weighted by molar-refractivity contribution is 5.96. The summed E-state index contributed by atoms with van der Waals surface area (Å²) < 4.78 is 16.0. The molecule has 0 atom stereocenters. The molecule has 3 rings (SSSR count). The highest BCUT2D eigenvalue weighted by atomic mass is 16.5. The minimum absolute atomic E-state index is 0.0936. The smallest absolute Gasteiger partial charge is 0.336 e. The van der Waals surface area contributed by atoms with Crippen molar-refractivity contribution in [2.75, 3.05) is 13.2 Å². The van der Waals surface area contributed by atoms with Crippen molar-refractivity contribution in [3.63, 3.8) is 0 Å². The average molecular weight is 423 g/mol. The fraction of sp³-hybridized carbons (Fsp3) is 0.292. The number of amides is 1. The molecule has 0 aliphatic rings. The Morgan fingerprint density at radius 2 is 1.84 bits per heavy atom. The van der Waals surface area contributed by atoms with Gasteiger partial charge in [-0.2, -0.15) is 0 Å². The molecular formula is C24H25NO6. The molecule has 0 aliphatic carbocycles. The van der Waals surface area contributed by atoms with E-state index in [-0.39, 0.29) is 13.2 Å². The minimum atomic E-state index is -0.610. The van der Waals surface area contributed by atoms with E-state index >= 15 is 0 Å². The van der Waals surface area contributed by atoms with Gasteiger partial charge in [0.05, 0.1) is 6.61 Å². The largest absolute Gasteiger partial charge is 0.494 e. The second-order valence-electron chi connectivity index (χ2n) is 7.16. The molecule has 0 fully saturated rings. The summed E-state index contributed by atoms with van der Waals surface area (Å²) in [6.07, 6.45) is 2.01. The normalized spacial score (nSPS) is 10.6. The van der Waals surface area contributed by atoms with Crippen LogP contribution in [0.4, 0.5) is 0 Å². The van der Waals surface area contributed by atoms with Crippen LogP contribution in [0.2, 0.25) is 0 Å². The molecule has 0 spiro atoms. The Hall–Kier alpha value is -3.61. The van der Waals surface area contributed by atoms with Crippen molar-refractivity contribution in [1.29, 1.82) is 0 Å². The number of benzene rings is 2. The number of fused-ring (bicyclic) bond motifs is 1. The first-order valence-electron chi connectivity index (χ1n) is 10.2. The summed E-state index contributed by atoms with van der Waals surface area (Å²) in [5.74, 6) is -0.307. The van der Waals surface area contributed by atoms with Crippen LogP contribution in [-0.4, -0.2) is 25.0 Å². The number of unbranched alkanes of at least 4 members (excludes halogenated alkanes) is 1. The van der Waals surface area contributed by atoms with Gasteiger partial charge in [-0.05, 0) is 49.2 Å². The van der Waals surface area contributed by atoms with Gasteiger partial charge in [-0.3, -0.25) is 9.59 Å². The predicted octanol–water partition coefficient (Wildman–Crippen LogP) is 3.75. The molecular weight excluding hydrogens is 398 g/mol. The van der Waals surface area contributed by atoms with Gasteiger partial charge in [0.1, 0.15) is 24.5 Å². The number of esters is 1. The standard InChI is InChI=1S/C24H25NO6/c1-3-4-11-29-19-8-6-17(7-9-19)24(28)25-14-23(27)30-15-18-13-22(26)31-21-12-16(2)5-10-20(18)21/h5-10,12-13H,3-4,11,14-15H2,1-2H3,(H,25,28).